The molecule has 0 spiro atoms. The van der Waals surface area contributed by atoms with E-state index in [1.807, 2.05) is 37.3 Å². The molecule has 0 saturated carbocycles. The minimum atomic E-state index is -0.369. The lowest BCUT2D eigenvalue weighted by atomic mass is 10.1. The molecule has 0 aliphatic rings. The Hall–Kier alpha value is -3.27. The minimum Gasteiger partial charge on any atom is -0.497 e. The van der Waals surface area contributed by atoms with Crippen LogP contribution in [0.25, 0.3) is 0 Å². The van der Waals surface area contributed by atoms with Gasteiger partial charge in [-0.15, -0.1) is 0 Å². The van der Waals surface area contributed by atoms with Crippen molar-refractivity contribution in [1.82, 2.24) is 10.6 Å². The SMILES string of the molecule is CN=C(NCc1cc(C#N)ccc1F)NCC(C)Oc1cccc(OC)c1. The molecule has 0 fully saturated rings. The molecule has 6 nitrogen and oxygen atoms in total. The molecule has 0 amide bonds. The van der Waals surface area contributed by atoms with E-state index in [4.69, 9.17) is 14.7 Å². The van der Waals surface area contributed by atoms with E-state index in [0.717, 1.165) is 5.75 Å². The highest BCUT2D eigenvalue weighted by molar-refractivity contribution is 5.79. The first kappa shape index (κ1) is 20.0. The fourth-order valence-electron chi connectivity index (χ4n) is 2.37. The van der Waals surface area contributed by atoms with E-state index >= 15 is 0 Å². The third-order valence-electron chi connectivity index (χ3n) is 3.78. The Morgan fingerprint density at radius 1 is 1.22 bits per heavy atom. The summed E-state index contributed by atoms with van der Waals surface area (Å²) >= 11 is 0. The topological polar surface area (TPSA) is 78.7 Å². The zero-order valence-corrected chi connectivity index (χ0v) is 15.6. The molecule has 2 N–H and O–H groups in total. The van der Waals surface area contributed by atoms with Gasteiger partial charge in [-0.3, -0.25) is 4.99 Å². The van der Waals surface area contributed by atoms with Gasteiger partial charge < -0.3 is 20.1 Å². The van der Waals surface area contributed by atoms with E-state index in [1.54, 1.807) is 14.2 Å². The third-order valence-corrected chi connectivity index (χ3v) is 3.78. The molecule has 0 aliphatic heterocycles. The van der Waals surface area contributed by atoms with Crippen LogP contribution in [0, 0.1) is 17.1 Å². The highest BCUT2D eigenvalue weighted by Gasteiger charge is 2.08. The Labute approximate surface area is 158 Å². The van der Waals surface area contributed by atoms with Crippen LogP contribution in [0.1, 0.15) is 18.1 Å². The van der Waals surface area contributed by atoms with Gasteiger partial charge in [0.25, 0.3) is 0 Å². The van der Waals surface area contributed by atoms with E-state index in [2.05, 4.69) is 15.6 Å². The first-order valence-corrected chi connectivity index (χ1v) is 8.49. The average Bonchev–Trinajstić information content (AvgIpc) is 2.69. The van der Waals surface area contributed by atoms with Crippen LogP contribution in [0.3, 0.4) is 0 Å². The van der Waals surface area contributed by atoms with Gasteiger partial charge in [-0.2, -0.15) is 5.26 Å². The van der Waals surface area contributed by atoms with E-state index in [1.165, 1.54) is 18.2 Å². The summed E-state index contributed by atoms with van der Waals surface area (Å²) in [5.74, 6) is 1.58. The maximum Gasteiger partial charge on any atom is 0.191 e. The van der Waals surface area contributed by atoms with Crippen LogP contribution in [0.4, 0.5) is 4.39 Å². The number of hydrogen-bond donors (Lipinski definition) is 2. The van der Waals surface area contributed by atoms with E-state index < -0.39 is 0 Å². The molecule has 2 aromatic rings. The lowest BCUT2D eigenvalue weighted by molar-refractivity contribution is 0.223. The Balaban J connectivity index is 1.85. The smallest absolute Gasteiger partial charge is 0.191 e. The van der Waals surface area contributed by atoms with Crippen molar-refractivity contribution < 1.29 is 13.9 Å². The Morgan fingerprint density at radius 3 is 2.70 bits per heavy atom. The van der Waals surface area contributed by atoms with Gasteiger partial charge >= 0.3 is 0 Å². The zero-order chi connectivity index (χ0) is 19.6. The van der Waals surface area contributed by atoms with Crippen molar-refractivity contribution in [3.05, 3.63) is 59.4 Å². The molecule has 2 aromatic carbocycles. The van der Waals surface area contributed by atoms with Crippen LogP contribution in [0.5, 0.6) is 11.5 Å². The molecule has 0 aromatic heterocycles. The van der Waals surface area contributed by atoms with Gasteiger partial charge in [0.1, 0.15) is 23.4 Å². The summed E-state index contributed by atoms with van der Waals surface area (Å²) in [6, 6.07) is 13.6. The highest BCUT2D eigenvalue weighted by atomic mass is 19.1. The molecule has 0 bridgehead atoms. The number of aliphatic imine (C=N–C) groups is 1. The van der Waals surface area contributed by atoms with Crippen LogP contribution >= 0.6 is 0 Å². The Kier molecular flexibility index (Phi) is 7.44. The van der Waals surface area contributed by atoms with Gasteiger partial charge in [0, 0.05) is 25.2 Å². The van der Waals surface area contributed by atoms with Crippen molar-refractivity contribution >= 4 is 5.96 Å². The van der Waals surface area contributed by atoms with Gasteiger partial charge in [0.05, 0.1) is 25.3 Å². The van der Waals surface area contributed by atoms with Crippen LogP contribution in [-0.2, 0) is 6.54 Å². The third kappa shape index (κ3) is 6.19. The summed E-state index contributed by atoms with van der Waals surface area (Å²) in [6.45, 7) is 2.64. The standard InChI is InChI=1S/C20H23FN4O2/c1-14(27-18-6-4-5-17(10-18)26-3)12-24-20(23-2)25-13-16-9-15(11-22)7-8-19(16)21/h4-10,14H,12-13H2,1-3H3,(H2,23,24,25). The molecule has 27 heavy (non-hydrogen) atoms. The number of nitrogens with zero attached hydrogens (tertiary/aromatic N) is 2. The average molecular weight is 370 g/mol. The number of benzene rings is 2. The minimum absolute atomic E-state index is 0.130. The first-order valence-electron chi connectivity index (χ1n) is 8.49. The van der Waals surface area contributed by atoms with Gasteiger partial charge in [-0.1, -0.05) is 6.07 Å². The second-order valence-electron chi connectivity index (χ2n) is 5.83. The van der Waals surface area contributed by atoms with Crippen LogP contribution in [0.15, 0.2) is 47.5 Å². The zero-order valence-electron chi connectivity index (χ0n) is 15.6. The quantitative estimate of drug-likeness (QED) is 0.579. The first-order chi connectivity index (χ1) is 13.0. The molecule has 7 heteroatoms. The van der Waals surface area contributed by atoms with Crippen molar-refractivity contribution in [1.29, 1.82) is 5.26 Å². The fraction of sp³-hybridized carbons (Fsp3) is 0.300. The molecular weight excluding hydrogens is 347 g/mol. The van der Waals surface area contributed by atoms with E-state index in [-0.39, 0.29) is 18.5 Å². The number of methoxy groups -OCH3 is 1. The summed E-state index contributed by atoms with van der Waals surface area (Å²) in [7, 11) is 3.24. The molecule has 0 saturated heterocycles. The molecule has 1 unspecified atom stereocenters. The summed E-state index contributed by atoms with van der Waals surface area (Å²) < 4.78 is 24.9. The van der Waals surface area contributed by atoms with Gasteiger partial charge in [0.2, 0.25) is 0 Å². The van der Waals surface area contributed by atoms with Crippen molar-refractivity contribution in [3.63, 3.8) is 0 Å². The molecule has 2 rings (SSSR count). The number of halogens is 1. The van der Waals surface area contributed by atoms with Gasteiger partial charge in [-0.25, -0.2) is 4.39 Å². The van der Waals surface area contributed by atoms with Gasteiger partial charge in [0.15, 0.2) is 5.96 Å². The van der Waals surface area contributed by atoms with Crippen molar-refractivity contribution in [2.24, 2.45) is 4.99 Å². The lowest BCUT2D eigenvalue weighted by Crippen LogP contribution is -2.41. The number of guanidine groups is 1. The van der Waals surface area contributed by atoms with E-state index in [9.17, 15) is 4.39 Å². The van der Waals surface area contributed by atoms with Crippen molar-refractivity contribution in [3.8, 4) is 17.6 Å². The molecular formula is C20H23FN4O2. The second-order valence-corrected chi connectivity index (χ2v) is 5.83. The second kappa shape index (κ2) is 10.0. The maximum absolute atomic E-state index is 13.8. The van der Waals surface area contributed by atoms with Crippen LogP contribution in [0.2, 0.25) is 0 Å². The Morgan fingerprint density at radius 2 is 2.00 bits per heavy atom. The lowest BCUT2D eigenvalue weighted by Gasteiger charge is -2.18. The van der Waals surface area contributed by atoms with Crippen molar-refractivity contribution in [2.75, 3.05) is 20.7 Å². The molecule has 1 atom stereocenters. The number of hydrogen-bond acceptors (Lipinski definition) is 4. The van der Waals surface area contributed by atoms with E-state index in [0.29, 0.717) is 29.4 Å². The number of nitrogens with one attached hydrogen (secondary N) is 2. The maximum atomic E-state index is 13.8. The molecule has 0 heterocycles. The van der Waals surface area contributed by atoms with Crippen molar-refractivity contribution in [2.45, 2.75) is 19.6 Å². The monoisotopic (exact) mass is 370 g/mol. The summed E-state index contributed by atoms with van der Waals surface area (Å²) in [6.07, 6.45) is -0.130. The summed E-state index contributed by atoms with van der Waals surface area (Å²) in [5.41, 5.74) is 0.814. The number of rotatable bonds is 7. The molecule has 0 radical (unpaired) electrons. The number of ether oxygens (including phenoxy) is 2. The van der Waals surface area contributed by atoms with Gasteiger partial charge in [-0.05, 0) is 37.3 Å². The summed E-state index contributed by atoms with van der Waals surface area (Å²) in [5, 5.41) is 15.1. The summed E-state index contributed by atoms with van der Waals surface area (Å²) in [4.78, 5) is 4.11. The predicted octanol–water partition coefficient (Wildman–Crippen LogP) is 2.84. The predicted molar refractivity (Wildman–Crippen MR) is 102 cm³/mol. The molecule has 142 valence electrons. The number of nitriles is 1. The fourth-order valence-corrected chi connectivity index (χ4v) is 2.37. The largest absolute Gasteiger partial charge is 0.497 e. The van der Waals surface area contributed by atoms with Crippen LogP contribution < -0.4 is 20.1 Å². The van der Waals surface area contributed by atoms with Crippen LogP contribution in [-0.4, -0.2) is 32.8 Å². The highest BCUT2D eigenvalue weighted by Crippen LogP contribution is 2.19. The molecule has 0 aliphatic carbocycles. The Bertz CT molecular complexity index is 833. The normalized spacial score (nSPS) is 12.0.